The Morgan fingerprint density at radius 3 is 2.52 bits per heavy atom. The zero-order chi connectivity index (χ0) is 16.8. The van der Waals surface area contributed by atoms with E-state index in [1.807, 2.05) is 43.3 Å². The van der Waals surface area contributed by atoms with E-state index in [1.54, 1.807) is 31.2 Å². The van der Waals surface area contributed by atoms with Gasteiger partial charge in [-0.25, -0.2) is 0 Å². The quantitative estimate of drug-likeness (QED) is 0.880. The summed E-state index contributed by atoms with van der Waals surface area (Å²) in [6.07, 6.45) is -0.588. The number of anilines is 1. The molecule has 0 aliphatic carbocycles. The third-order valence-electron chi connectivity index (χ3n) is 3.40. The average molecular weight is 333 g/mol. The Labute approximate surface area is 142 Å². The molecule has 23 heavy (non-hydrogen) atoms. The molecule has 0 fully saturated rings. The van der Waals surface area contributed by atoms with Crippen LogP contribution in [0.3, 0.4) is 0 Å². The van der Waals surface area contributed by atoms with E-state index in [-0.39, 0.29) is 5.91 Å². The molecule has 0 bridgehead atoms. The third-order valence-corrected chi connectivity index (χ3v) is 3.63. The Morgan fingerprint density at radius 1 is 1.22 bits per heavy atom. The van der Waals surface area contributed by atoms with Gasteiger partial charge in [0.15, 0.2) is 6.10 Å². The lowest BCUT2D eigenvalue weighted by molar-refractivity contribution is -0.127. The van der Waals surface area contributed by atoms with Crippen LogP contribution in [0.15, 0.2) is 48.5 Å². The van der Waals surface area contributed by atoms with Crippen molar-refractivity contribution in [2.45, 2.75) is 19.6 Å². The van der Waals surface area contributed by atoms with Crippen LogP contribution >= 0.6 is 11.6 Å². The highest BCUT2D eigenvalue weighted by Crippen LogP contribution is 2.18. The molecule has 0 radical (unpaired) electrons. The van der Waals surface area contributed by atoms with E-state index in [4.69, 9.17) is 16.3 Å². The second kappa shape index (κ2) is 7.88. The molecule has 0 saturated heterocycles. The maximum atomic E-state index is 12.1. The summed E-state index contributed by atoms with van der Waals surface area (Å²) < 4.78 is 5.59. The summed E-state index contributed by atoms with van der Waals surface area (Å²) in [6.45, 7) is 2.18. The first kappa shape index (κ1) is 17.2. The van der Waals surface area contributed by atoms with E-state index in [0.29, 0.717) is 17.3 Å². The van der Waals surface area contributed by atoms with Crippen LogP contribution < -0.4 is 15.0 Å². The summed E-state index contributed by atoms with van der Waals surface area (Å²) >= 11 is 5.90. The highest BCUT2D eigenvalue weighted by atomic mass is 35.5. The minimum Gasteiger partial charge on any atom is -0.481 e. The van der Waals surface area contributed by atoms with Gasteiger partial charge in [0, 0.05) is 31.4 Å². The van der Waals surface area contributed by atoms with Crippen LogP contribution in [0, 0.1) is 0 Å². The van der Waals surface area contributed by atoms with Gasteiger partial charge in [-0.1, -0.05) is 29.8 Å². The van der Waals surface area contributed by atoms with Crippen LogP contribution in [0.5, 0.6) is 5.75 Å². The zero-order valence-electron chi connectivity index (χ0n) is 13.5. The lowest BCUT2D eigenvalue weighted by Crippen LogP contribution is -2.35. The number of carbonyl (C=O) groups is 1. The molecule has 1 amide bonds. The first-order valence-electron chi connectivity index (χ1n) is 7.42. The molecule has 0 aliphatic rings. The second-order valence-corrected chi connectivity index (χ2v) is 5.93. The number of halogens is 1. The molecule has 1 N–H and O–H groups in total. The number of carbonyl (C=O) groups excluding carboxylic acids is 1. The highest BCUT2D eigenvalue weighted by Gasteiger charge is 2.14. The summed E-state index contributed by atoms with van der Waals surface area (Å²) in [5.74, 6) is 0.414. The number of benzene rings is 2. The van der Waals surface area contributed by atoms with Crippen molar-refractivity contribution >= 4 is 23.2 Å². The smallest absolute Gasteiger partial charge is 0.261 e. The van der Waals surface area contributed by atoms with E-state index in [0.717, 1.165) is 11.3 Å². The molecule has 0 heterocycles. The molecular weight excluding hydrogens is 312 g/mol. The first-order chi connectivity index (χ1) is 11.0. The van der Waals surface area contributed by atoms with Crippen molar-refractivity contribution in [1.82, 2.24) is 5.32 Å². The van der Waals surface area contributed by atoms with Crippen molar-refractivity contribution in [3.63, 3.8) is 0 Å². The third kappa shape index (κ3) is 5.18. The van der Waals surface area contributed by atoms with Gasteiger partial charge in [-0.3, -0.25) is 4.79 Å². The van der Waals surface area contributed by atoms with Crippen LogP contribution in [-0.4, -0.2) is 26.1 Å². The van der Waals surface area contributed by atoms with Gasteiger partial charge < -0.3 is 15.0 Å². The first-order valence-corrected chi connectivity index (χ1v) is 7.79. The molecule has 122 valence electrons. The van der Waals surface area contributed by atoms with Gasteiger partial charge in [0.25, 0.3) is 5.91 Å². The van der Waals surface area contributed by atoms with Gasteiger partial charge in [-0.05, 0) is 42.8 Å². The molecule has 0 unspecified atom stereocenters. The van der Waals surface area contributed by atoms with Gasteiger partial charge in [0.1, 0.15) is 5.75 Å². The number of hydrogen-bond donors (Lipinski definition) is 1. The molecule has 1 atom stereocenters. The number of nitrogens with one attached hydrogen (secondary N) is 1. The Hall–Kier alpha value is -2.20. The zero-order valence-corrected chi connectivity index (χ0v) is 14.3. The SMILES string of the molecule is C[C@H](Oc1cccc(Cl)c1)C(=O)NCc1ccc(N(C)C)cc1. The number of amides is 1. The van der Waals surface area contributed by atoms with E-state index in [9.17, 15) is 4.79 Å². The fourth-order valence-corrected chi connectivity index (χ4v) is 2.22. The van der Waals surface area contributed by atoms with E-state index >= 15 is 0 Å². The minimum absolute atomic E-state index is 0.165. The summed E-state index contributed by atoms with van der Waals surface area (Å²) in [4.78, 5) is 14.1. The predicted octanol–water partition coefficient (Wildman–Crippen LogP) is 3.49. The molecular formula is C18H21ClN2O2. The van der Waals surface area contributed by atoms with E-state index in [2.05, 4.69) is 5.32 Å². The van der Waals surface area contributed by atoms with Gasteiger partial charge >= 0.3 is 0 Å². The van der Waals surface area contributed by atoms with Gasteiger partial charge in [0.05, 0.1) is 0 Å². The maximum absolute atomic E-state index is 12.1. The van der Waals surface area contributed by atoms with Gasteiger partial charge in [-0.15, -0.1) is 0 Å². The van der Waals surface area contributed by atoms with Crippen molar-refractivity contribution in [3.8, 4) is 5.75 Å². The van der Waals surface area contributed by atoms with Crippen molar-refractivity contribution in [1.29, 1.82) is 0 Å². The molecule has 2 rings (SSSR count). The topological polar surface area (TPSA) is 41.6 Å². The van der Waals surface area contributed by atoms with Crippen LogP contribution in [-0.2, 0) is 11.3 Å². The molecule has 4 nitrogen and oxygen atoms in total. The standard InChI is InChI=1S/C18H21ClN2O2/c1-13(23-17-6-4-5-15(19)11-17)18(22)20-12-14-7-9-16(10-8-14)21(2)3/h4-11,13H,12H2,1-3H3,(H,20,22)/t13-/m0/s1. The van der Waals surface area contributed by atoms with Crippen LogP contribution in [0.25, 0.3) is 0 Å². The maximum Gasteiger partial charge on any atom is 0.261 e. The number of hydrogen-bond acceptors (Lipinski definition) is 3. The van der Waals surface area contributed by atoms with Gasteiger partial charge in [-0.2, -0.15) is 0 Å². The Morgan fingerprint density at radius 2 is 1.91 bits per heavy atom. The summed E-state index contributed by atoms with van der Waals surface area (Å²) in [7, 11) is 3.98. The number of nitrogens with zero attached hydrogens (tertiary/aromatic N) is 1. The Balaban J connectivity index is 1.86. The summed E-state index contributed by atoms with van der Waals surface area (Å²) in [5.41, 5.74) is 2.16. The molecule has 0 spiro atoms. The van der Waals surface area contributed by atoms with Crippen LogP contribution in [0.4, 0.5) is 5.69 Å². The van der Waals surface area contributed by atoms with E-state index in [1.165, 1.54) is 0 Å². The predicted molar refractivity (Wildman–Crippen MR) is 94.2 cm³/mol. The fourth-order valence-electron chi connectivity index (χ4n) is 2.04. The Kier molecular flexibility index (Phi) is 5.88. The lowest BCUT2D eigenvalue weighted by Gasteiger charge is -2.16. The number of ether oxygens (including phenoxy) is 1. The molecule has 2 aromatic rings. The fraction of sp³-hybridized carbons (Fsp3) is 0.278. The van der Waals surface area contributed by atoms with Crippen molar-refractivity contribution in [2.75, 3.05) is 19.0 Å². The summed E-state index contributed by atoms with van der Waals surface area (Å²) in [5, 5.41) is 3.45. The minimum atomic E-state index is -0.588. The molecule has 0 saturated carbocycles. The molecule has 0 aliphatic heterocycles. The number of rotatable bonds is 6. The van der Waals surface area contributed by atoms with Crippen molar-refractivity contribution < 1.29 is 9.53 Å². The Bertz CT molecular complexity index is 656. The van der Waals surface area contributed by atoms with Gasteiger partial charge in [0.2, 0.25) is 0 Å². The van der Waals surface area contributed by atoms with Crippen LogP contribution in [0.1, 0.15) is 12.5 Å². The largest absolute Gasteiger partial charge is 0.481 e. The molecule has 2 aromatic carbocycles. The van der Waals surface area contributed by atoms with Crippen molar-refractivity contribution in [2.24, 2.45) is 0 Å². The molecule has 5 heteroatoms. The van der Waals surface area contributed by atoms with E-state index < -0.39 is 6.10 Å². The van der Waals surface area contributed by atoms with Crippen LogP contribution in [0.2, 0.25) is 5.02 Å². The average Bonchev–Trinajstić information content (AvgIpc) is 2.53. The lowest BCUT2D eigenvalue weighted by atomic mass is 10.2. The monoisotopic (exact) mass is 332 g/mol. The van der Waals surface area contributed by atoms with Crippen molar-refractivity contribution in [3.05, 3.63) is 59.1 Å². The summed E-state index contributed by atoms with van der Waals surface area (Å²) in [6, 6.07) is 15.0. The molecule has 0 aromatic heterocycles. The normalized spacial score (nSPS) is 11.7. The highest BCUT2D eigenvalue weighted by molar-refractivity contribution is 6.30. The second-order valence-electron chi connectivity index (χ2n) is 5.50.